The van der Waals surface area contributed by atoms with Crippen molar-refractivity contribution in [2.45, 2.75) is 88.9 Å². The van der Waals surface area contributed by atoms with Crippen molar-refractivity contribution in [2.24, 2.45) is 11.8 Å². The Kier molecular flexibility index (Phi) is 7.14. The van der Waals surface area contributed by atoms with Crippen molar-refractivity contribution in [1.82, 2.24) is 0 Å². The Morgan fingerprint density at radius 2 is 1.34 bits per heavy atom. The molecule has 4 aliphatic rings. The van der Waals surface area contributed by atoms with Crippen LogP contribution in [0.3, 0.4) is 0 Å². The average Bonchev–Trinajstić information content (AvgIpc) is 3.83. The third-order valence-corrected chi connectivity index (χ3v) is 12.5. The zero-order chi connectivity index (χ0) is 31.5. The summed E-state index contributed by atoms with van der Waals surface area (Å²) in [4.78, 5) is 2.56. The first-order valence-corrected chi connectivity index (χ1v) is 18.4. The molecule has 236 valence electrons. The molecular formula is C46H47N. The topological polar surface area (TPSA) is 3.24 Å². The second kappa shape index (κ2) is 11.6. The van der Waals surface area contributed by atoms with Crippen molar-refractivity contribution in [3.05, 3.63) is 138 Å². The molecule has 1 nitrogen and oxygen atoms in total. The number of hydrogen-bond acceptors (Lipinski definition) is 1. The summed E-state index contributed by atoms with van der Waals surface area (Å²) in [6.07, 6.45) is 12.4. The summed E-state index contributed by atoms with van der Waals surface area (Å²) < 4.78 is 0. The predicted octanol–water partition coefficient (Wildman–Crippen LogP) is 13.1. The molecule has 1 heteroatoms. The molecule has 0 N–H and O–H groups in total. The van der Waals surface area contributed by atoms with Crippen LogP contribution in [0.2, 0.25) is 0 Å². The van der Waals surface area contributed by atoms with Crippen LogP contribution in [0.25, 0.3) is 22.3 Å². The van der Waals surface area contributed by atoms with E-state index in [0.717, 1.165) is 17.8 Å². The third kappa shape index (κ3) is 4.97. The Hall–Kier alpha value is -4.10. The van der Waals surface area contributed by atoms with Crippen molar-refractivity contribution >= 4 is 17.1 Å². The Labute approximate surface area is 281 Å². The highest BCUT2D eigenvalue weighted by Gasteiger charge is 2.40. The first-order valence-electron chi connectivity index (χ1n) is 18.4. The SMILES string of the molecule is CC1(C)c2ccccc2-c2c(-c3ccccc3)cc(N(c3ccc(C4CC5CCC4C5)cc3)c3cccc(C4CCCCC4)c3)cc21. The minimum atomic E-state index is -0.0905. The third-order valence-electron chi connectivity index (χ3n) is 12.5. The smallest absolute Gasteiger partial charge is 0.0471 e. The molecule has 0 amide bonds. The molecule has 3 saturated carbocycles. The first kappa shape index (κ1) is 29.1. The van der Waals surface area contributed by atoms with Crippen LogP contribution in [0.5, 0.6) is 0 Å². The van der Waals surface area contributed by atoms with Crippen LogP contribution in [0, 0.1) is 11.8 Å². The number of anilines is 3. The molecule has 5 aromatic carbocycles. The number of nitrogens with zero attached hydrogens (tertiary/aromatic N) is 1. The van der Waals surface area contributed by atoms with Gasteiger partial charge in [-0.25, -0.2) is 0 Å². The van der Waals surface area contributed by atoms with Gasteiger partial charge >= 0.3 is 0 Å². The Morgan fingerprint density at radius 3 is 2.11 bits per heavy atom. The van der Waals surface area contributed by atoms with Gasteiger partial charge in [-0.3, -0.25) is 0 Å². The summed E-state index contributed by atoms with van der Waals surface area (Å²) in [6, 6.07) is 44.4. The van der Waals surface area contributed by atoms with Crippen LogP contribution in [-0.2, 0) is 5.41 Å². The molecule has 0 radical (unpaired) electrons. The van der Waals surface area contributed by atoms with E-state index in [2.05, 4.69) is 134 Å². The molecule has 3 unspecified atom stereocenters. The highest BCUT2D eigenvalue weighted by molar-refractivity contribution is 5.96. The van der Waals surface area contributed by atoms with Crippen LogP contribution in [0.15, 0.2) is 115 Å². The van der Waals surface area contributed by atoms with Crippen LogP contribution in [0.4, 0.5) is 17.1 Å². The molecule has 47 heavy (non-hydrogen) atoms. The van der Waals surface area contributed by atoms with Gasteiger partial charge in [0.15, 0.2) is 0 Å². The van der Waals surface area contributed by atoms with E-state index in [1.54, 1.807) is 5.56 Å². The molecule has 0 saturated heterocycles. The summed E-state index contributed by atoms with van der Waals surface area (Å²) in [5.41, 5.74) is 14.9. The second-order valence-electron chi connectivity index (χ2n) is 15.6. The molecule has 3 fully saturated rings. The first-order chi connectivity index (χ1) is 23.0. The highest BCUT2D eigenvalue weighted by Crippen LogP contribution is 2.55. The van der Waals surface area contributed by atoms with E-state index < -0.39 is 0 Å². The van der Waals surface area contributed by atoms with Gasteiger partial charge in [-0.2, -0.15) is 0 Å². The maximum Gasteiger partial charge on any atom is 0.0471 e. The molecule has 0 aliphatic heterocycles. The fraction of sp³-hybridized carbons (Fsp3) is 0.348. The van der Waals surface area contributed by atoms with E-state index in [9.17, 15) is 0 Å². The summed E-state index contributed by atoms with van der Waals surface area (Å²) in [5, 5.41) is 0. The van der Waals surface area contributed by atoms with Gasteiger partial charge in [0.2, 0.25) is 0 Å². The minimum absolute atomic E-state index is 0.0905. The van der Waals surface area contributed by atoms with Gasteiger partial charge in [0.1, 0.15) is 0 Å². The van der Waals surface area contributed by atoms with Gasteiger partial charge < -0.3 is 4.90 Å². The largest absolute Gasteiger partial charge is 0.310 e. The zero-order valence-electron chi connectivity index (χ0n) is 28.1. The fourth-order valence-electron chi connectivity index (χ4n) is 10.1. The summed E-state index contributed by atoms with van der Waals surface area (Å²) in [5.74, 6) is 3.26. The van der Waals surface area contributed by atoms with E-state index in [-0.39, 0.29) is 5.41 Å². The number of fused-ring (bicyclic) bond motifs is 5. The van der Waals surface area contributed by atoms with Gasteiger partial charge in [-0.1, -0.05) is 118 Å². The summed E-state index contributed by atoms with van der Waals surface area (Å²) in [6.45, 7) is 4.82. The molecule has 2 bridgehead atoms. The van der Waals surface area contributed by atoms with Crippen molar-refractivity contribution in [3.8, 4) is 22.3 Å². The van der Waals surface area contributed by atoms with Gasteiger partial charge in [-0.05, 0) is 137 Å². The molecule has 9 rings (SSSR count). The van der Waals surface area contributed by atoms with Crippen LogP contribution in [0.1, 0.15) is 106 Å². The van der Waals surface area contributed by atoms with Crippen molar-refractivity contribution in [3.63, 3.8) is 0 Å². The Morgan fingerprint density at radius 1 is 0.553 bits per heavy atom. The minimum Gasteiger partial charge on any atom is -0.310 e. The monoisotopic (exact) mass is 613 g/mol. The van der Waals surface area contributed by atoms with Gasteiger partial charge in [0.05, 0.1) is 0 Å². The normalized spacial score (nSPS) is 22.6. The standard InChI is InChI=1S/C46H47N/c1-46(2)43-19-10-9-18-40(43)45-42(33-14-7-4-8-15-33)29-39(30-44(45)46)47(38-17-11-16-35(28-38)32-12-5-3-6-13-32)37-24-22-34(23-25-37)41-27-31-20-21-36(41)26-31/h4,7-11,14-19,22-25,28-32,36,41H,3,5-6,12-13,20-21,26-27H2,1-2H3. The van der Waals surface area contributed by atoms with E-state index >= 15 is 0 Å². The zero-order valence-corrected chi connectivity index (χ0v) is 28.1. The maximum absolute atomic E-state index is 2.56. The average molecular weight is 614 g/mol. The number of benzene rings is 5. The second-order valence-corrected chi connectivity index (χ2v) is 15.6. The Bertz CT molecular complexity index is 1910. The molecule has 0 spiro atoms. The van der Waals surface area contributed by atoms with Gasteiger partial charge in [-0.15, -0.1) is 0 Å². The van der Waals surface area contributed by atoms with E-state index in [4.69, 9.17) is 0 Å². The molecule has 0 heterocycles. The Balaban J connectivity index is 1.22. The molecule has 0 aromatic heterocycles. The lowest BCUT2D eigenvalue weighted by atomic mass is 9.81. The lowest BCUT2D eigenvalue weighted by molar-refractivity contribution is 0.420. The molecular weight excluding hydrogens is 567 g/mol. The van der Waals surface area contributed by atoms with E-state index in [1.807, 2.05) is 0 Å². The lowest BCUT2D eigenvalue weighted by Gasteiger charge is -2.31. The van der Waals surface area contributed by atoms with Gasteiger partial charge in [0, 0.05) is 22.5 Å². The number of hydrogen-bond donors (Lipinski definition) is 0. The van der Waals surface area contributed by atoms with Crippen molar-refractivity contribution < 1.29 is 0 Å². The summed E-state index contributed by atoms with van der Waals surface area (Å²) >= 11 is 0. The number of rotatable bonds is 6. The molecule has 3 atom stereocenters. The lowest BCUT2D eigenvalue weighted by Crippen LogP contribution is -2.17. The van der Waals surface area contributed by atoms with Crippen LogP contribution in [-0.4, -0.2) is 0 Å². The predicted molar refractivity (Wildman–Crippen MR) is 198 cm³/mol. The van der Waals surface area contributed by atoms with Crippen LogP contribution < -0.4 is 4.90 Å². The van der Waals surface area contributed by atoms with E-state index in [0.29, 0.717) is 5.92 Å². The van der Waals surface area contributed by atoms with Gasteiger partial charge in [0.25, 0.3) is 0 Å². The maximum atomic E-state index is 2.56. The quantitative estimate of drug-likeness (QED) is 0.184. The molecule has 5 aromatic rings. The van der Waals surface area contributed by atoms with Crippen LogP contribution >= 0.6 is 0 Å². The van der Waals surface area contributed by atoms with Crippen molar-refractivity contribution in [2.75, 3.05) is 4.90 Å². The highest BCUT2D eigenvalue weighted by atomic mass is 15.1. The fourth-order valence-corrected chi connectivity index (χ4v) is 10.1. The van der Waals surface area contributed by atoms with Crippen molar-refractivity contribution in [1.29, 1.82) is 0 Å². The van der Waals surface area contributed by atoms with E-state index in [1.165, 1.54) is 114 Å². The summed E-state index contributed by atoms with van der Waals surface area (Å²) in [7, 11) is 0. The molecule has 4 aliphatic carbocycles.